The molecular weight excluding hydrogens is 215 g/mol. The molecule has 0 heterocycles. The van der Waals surface area contributed by atoms with E-state index >= 15 is 0 Å². The van der Waals surface area contributed by atoms with Gasteiger partial charge in [-0.05, 0) is 56.0 Å². The molecule has 2 rings (SSSR count). The van der Waals surface area contributed by atoms with Gasteiger partial charge in [0.15, 0.2) is 0 Å². The second-order valence-corrected chi connectivity index (χ2v) is 5.11. The first-order chi connectivity index (χ1) is 8.11. The number of benzene rings is 1. The maximum Gasteiger partial charge on any atom is 0.123 e. The summed E-state index contributed by atoms with van der Waals surface area (Å²) in [5.74, 6) is 0.647. The predicted molar refractivity (Wildman–Crippen MR) is 67.9 cm³/mol. The van der Waals surface area contributed by atoms with Gasteiger partial charge in [-0.3, -0.25) is 4.90 Å². The van der Waals surface area contributed by atoms with E-state index in [1.54, 1.807) is 6.07 Å². The van der Waals surface area contributed by atoms with Crippen LogP contribution in [-0.4, -0.2) is 18.0 Å². The van der Waals surface area contributed by atoms with E-state index in [-0.39, 0.29) is 5.82 Å². The van der Waals surface area contributed by atoms with Gasteiger partial charge in [0, 0.05) is 19.1 Å². The fourth-order valence-corrected chi connectivity index (χ4v) is 2.29. The van der Waals surface area contributed by atoms with Crippen molar-refractivity contribution in [1.29, 1.82) is 0 Å². The molecule has 94 valence electrons. The van der Waals surface area contributed by atoms with Gasteiger partial charge in [-0.1, -0.05) is 6.07 Å². The monoisotopic (exact) mass is 236 g/mol. The van der Waals surface area contributed by atoms with Crippen LogP contribution in [0.15, 0.2) is 18.2 Å². The number of nitrogens with zero attached hydrogens (tertiary/aromatic N) is 1. The van der Waals surface area contributed by atoms with Crippen LogP contribution in [0.2, 0.25) is 0 Å². The molecule has 0 radical (unpaired) electrons. The molecular formula is C14H21FN2. The fourth-order valence-electron chi connectivity index (χ4n) is 2.29. The third-order valence-electron chi connectivity index (χ3n) is 3.81. The smallest absolute Gasteiger partial charge is 0.123 e. The lowest BCUT2D eigenvalue weighted by atomic mass is 10.1. The zero-order chi connectivity index (χ0) is 12.4. The molecule has 0 spiro atoms. The van der Waals surface area contributed by atoms with Crippen LogP contribution in [-0.2, 0) is 13.1 Å². The lowest BCUT2D eigenvalue weighted by Gasteiger charge is -2.25. The first-order valence-electron chi connectivity index (χ1n) is 6.29. The topological polar surface area (TPSA) is 29.3 Å². The molecule has 2 N–H and O–H groups in total. The van der Waals surface area contributed by atoms with E-state index in [0.717, 1.165) is 23.6 Å². The molecule has 1 saturated carbocycles. The second kappa shape index (κ2) is 5.15. The molecule has 0 saturated heterocycles. The molecule has 1 unspecified atom stereocenters. The molecule has 17 heavy (non-hydrogen) atoms. The molecule has 0 aromatic heterocycles. The van der Waals surface area contributed by atoms with Crippen LogP contribution in [0.1, 0.15) is 30.9 Å². The number of hydrogen-bond donors (Lipinski definition) is 1. The second-order valence-electron chi connectivity index (χ2n) is 5.11. The van der Waals surface area contributed by atoms with Gasteiger partial charge in [0.25, 0.3) is 0 Å². The summed E-state index contributed by atoms with van der Waals surface area (Å²) in [6, 6.07) is 5.52. The van der Waals surface area contributed by atoms with E-state index in [9.17, 15) is 4.39 Å². The number of halogens is 1. The van der Waals surface area contributed by atoms with Gasteiger partial charge < -0.3 is 5.73 Å². The maximum atomic E-state index is 13.1. The fraction of sp³-hybridized carbons (Fsp3) is 0.571. The predicted octanol–water partition coefficient (Wildman–Crippen LogP) is 2.51. The van der Waals surface area contributed by atoms with Crippen LogP contribution in [0.4, 0.5) is 4.39 Å². The van der Waals surface area contributed by atoms with E-state index in [1.165, 1.54) is 18.9 Å². The van der Waals surface area contributed by atoms with Gasteiger partial charge in [-0.25, -0.2) is 4.39 Å². The van der Waals surface area contributed by atoms with E-state index in [0.29, 0.717) is 12.6 Å². The SMILES string of the molecule is CC(C1CC1)N(C)Cc1ccc(F)cc1CN. The maximum absolute atomic E-state index is 13.1. The molecule has 1 fully saturated rings. The molecule has 3 heteroatoms. The molecule has 1 aliphatic rings. The van der Waals surface area contributed by atoms with Crippen LogP contribution < -0.4 is 5.73 Å². The minimum absolute atomic E-state index is 0.202. The summed E-state index contributed by atoms with van der Waals surface area (Å²) in [6.07, 6.45) is 2.69. The Bertz CT molecular complexity index is 388. The summed E-state index contributed by atoms with van der Waals surface area (Å²) in [5.41, 5.74) is 7.72. The quantitative estimate of drug-likeness (QED) is 0.851. The average Bonchev–Trinajstić information content (AvgIpc) is 3.14. The molecule has 1 aromatic carbocycles. The van der Waals surface area contributed by atoms with Gasteiger partial charge in [-0.2, -0.15) is 0 Å². The summed E-state index contributed by atoms with van der Waals surface area (Å²) >= 11 is 0. The van der Waals surface area contributed by atoms with Crippen molar-refractivity contribution in [3.05, 3.63) is 35.1 Å². The highest BCUT2D eigenvalue weighted by atomic mass is 19.1. The van der Waals surface area contributed by atoms with Crippen molar-refractivity contribution in [2.45, 2.75) is 38.9 Å². The van der Waals surface area contributed by atoms with Crippen LogP contribution in [0.3, 0.4) is 0 Å². The number of rotatable bonds is 5. The van der Waals surface area contributed by atoms with Crippen LogP contribution >= 0.6 is 0 Å². The highest BCUT2D eigenvalue weighted by molar-refractivity contribution is 5.27. The van der Waals surface area contributed by atoms with E-state index in [1.807, 2.05) is 6.07 Å². The van der Waals surface area contributed by atoms with E-state index < -0.39 is 0 Å². The van der Waals surface area contributed by atoms with Crippen molar-refractivity contribution in [3.8, 4) is 0 Å². The van der Waals surface area contributed by atoms with Crippen LogP contribution in [0, 0.1) is 11.7 Å². The van der Waals surface area contributed by atoms with Crippen molar-refractivity contribution >= 4 is 0 Å². The zero-order valence-corrected chi connectivity index (χ0v) is 10.6. The third-order valence-corrected chi connectivity index (χ3v) is 3.81. The summed E-state index contributed by atoms with van der Waals surface area (Å²) in [5, 5.41) is 0. The lowest BCUT2D eigenvalue weighted by molar-refractivity contribution is 0.226. The molecule has 1 atom stereocenters. The molecule has 0 bridgehead atoms. The van der Waals surface area contributed by atoms with Crippen molar-refractivity contribution in [1.82, 2.24) is 4.90 Å². The molecule has 0 aliphatic heterocycles. The third kappa shape index (κ3) is 3.05. The summed E-state index contributed by atoms with van der Waals surface area (Å²) in [4.78, 5) is 2.34. The zero-order valence-electron chi connectivity index (χ0n) is 10.6. The van der Waals surface area contributed by atoms with Crippen molar-refractivity contribution in [2.75, 3.05) is 7.05 Å². The van der Waals surface area contributed by atoms with E-state index in [4.69, 9.17) is 5.73 Å². The Labute approximate surface area is 103 Å². The van der Waals surface area contributed by atoms with Gasteiger partial charge in [0.2, 0.25) is 0 Å². The molecule has 0 amide bonds. The van der Waals surface area contributed by atoms with Crippen molar-refractivity contribution in [2.24, 2.45) is 11.7 Å². The van der Waals surface area contributed by atoms with Crippen LogP contribution in [0.5, 0.6) is 0 Å². The van der Waals surface area contributed by atoms with Crippen molar-refractivity contribution in [3.63, 3.8) is 0 Å². The Morgan fingerprint density at radius 1 is 1.41 bits per heavy atom. The Morgan fingerprint density at radius 3 is 2.71 bits per heavy atom. The highest BCUT2D eigenvalue weighted by Gasteiger charge is 2.30. The first kappa shape index (κ1) is 12.5. The van der Waals surface area contributed by atoms with Crippen molar-refractivity contribution < 1.29 is 4.39 Å². The van der Waals surface area contributed by atoms with Crippen LogP contribution in [0.25, 0.3) is 0 Å². The summed E-state index contributed by atoms with van der Waals surface area (Å²) < 4.78 is 13.1. The van der Waals surface area contributed by atoms with E-state index in [2.05, 4.69) is 18.9 Å². The van der Waals surface area contributed by atoms with Gasteiger partial charge >= 0.3 is 0 Å². The standard InChI is InChI=1S/C14H21FN2/c1-10(11-3-4-11)17(2)9-12-5-6-14(15)7-13(12)8-16/h5-7,10-11H,3-4,8-9,16H2,1-2H3. The Balaban J connectivity index is 2.06. The van der Waals surface area contributed by atoms with Gasteiger partial charge in [0.05, 0.1) is 0 Å². The summed E-state index contributed by atoms with van der Waals surface area (Å²) in [6.45, 7) is 3.52. The lowest BCUT2D eigenvalue weighted by Crippen LogP contribution is -2.30. The Hall–Kier alpha value is -0.930. The van der Waals surface area contributed by atoms with Gasteiger partial charge in [-0.15, -0.1) is 0 Å². The number of nitrogens with two attached hydrogens (primary N) is 1. The minimum Gasteiger partial charge on any atom is -0.326 e. The Kier molecular flexibility index (Phi) is 3.79. The minimum atomic E-state index is -0.202. The normalized spacial score (nSPS) is 17.5. The first-order valence-corrected chi connectivity index (χ1v) is 6.29. The summed E-state index contributed by atoms with van der Waals surface area (Å²) in [7, 11) is 2.13. The Morgan fingerprint density at radius 2 is 2.12 bits per heavy atom. The molecule has 1 aliphatic carbocycles. The molecule has 2 nitrogen and oxygen atoms in total. The highest BCUT2D eigenvalue weighted by Crippen LogP contribution is 2.35. The molecule has 1 aromatic rings. The largest absolute Gasteiger partial charge is 0.326 e. The average molecular weight is 236 g/mol. The van der Waals surface area contributed by atoms with Gasteiger partial charge in [0.1, 0.15) is 5.82 Å². The number of hydrogen-bond acceptors (Lipinski definition) is 2.